The standard InChI is InChI=1S/C13H21NO6/c1-13(2,3)20-10(17)5-8-9(16)6-14(7-15)11(8)12(18)19-4/h7-9,11,16H,5-6H2,1-4H3. The fraction of sp³-hybridized carbons (Fsp3) is 0.769. The van der Waals surface area contributed by atoms with Crippen LogP contribution in [0.3, 0.4) is 0 Å². The normalized spacial score (nSPS) is 26.2. The molecule has 0 aromatic carbocycles. The highest BCUT2D eigenvalue weighted by Crippen LogP contribution is 2.28. The van der Waals surface area contributed by atoms with Crippen molar-refractivity contribution >= 4 is 18.3 Å². The van der Waals surface area contributed by atoms with Crippen molar-refractivity contribution in [3.63, 3.8) is 0 Å². The molecule has 0 aliphatic carbocycles. The van der Waals surface area contributed by atoms with Crippen LogP contribution < -0.4 is 0 Å². The molecule has 0 bridgehead atoms. The van der Waals surface area contributed by atoms with Crippen LogP contribution in [-0.2, 0) is 23.9 Å². The highest BCUT2D eigenvalue weighted by Gasteiger charge is 2.46. The molecule has 0 aromatic rings. The Kier molecular flexibility index (Phi) is 5.10. The van der Waals surface area contributed by atoms with Crippen LogP contribution in [0.25, 0.3) is 0 Å². The van der Waals surface area contributed by atoms with Gasteiger partial charge in [-0.05, 0) is 20.8 Å². The Morgan fingerprint density at radius 3 is 2.45 bits per heavy atom. The number of esters is 2. The number of β-amino-alcohol motifs (C(OH)–C–C–N with tert-alkyl or cyclic N) is 1. The van der Waals surface area contributed by atoms with Gasteiger partial charge in [0.2, 0.25) is 6.41 Å². The molecule has 1 aliphatic heterocycles. The highest BCUT2D eigenvalue weighted by molar-refractivity contribution is 5.81. The van der Waals surface area contributed by atoms with Crippen LogP contribution in [0.4, 0.5) is 0 Å². The maximum atomic E-state index is 11.8. The topological polar surface area (TPSA) is 93.1 Å². The minimum Gasteiger partial charge on any atom is -0.467 e. The summed E-state index contributed by atoms with van der Waals surface area (Å²) in [6.45, 7) is 5.18. The van der Waals surface area contributed by atoms with E-state index in [-0.39, 0.29) is 13.0 Å². The lowest BCUT2D eigenvalue weighted by Crippen LogP contribution is -2.41. The highest BCUT2D eigenvalue weighted by atomic mass is 16.6. The first-order valence-electron chi connectivity index (χ1n) is 6.38. The van der Waals surface area contributed by atoms with Crippen molar-refractivity contribution in [2.24, 2.45) is 5.92 Å². The molecule has 1 saturated heterocycles. The van der Waals surface area contributed by atoms with Gasteiger partial charge in [0.1, 0.15) is 11.6 Å². The Morgan fingerprint density at radius 1 is 1.40 bits per heavy atom. The first-order chi connectivity index (χ1) is 9.19. The quantitative estimate of drug-likeness (QED) is 0.564. The predicted molar refractivity (Wildman–Crippen MR) is 68.5 cm³/mol. The van der Waals surface area contributed by atoms with Crippen LogP contribution in [0.2, 0.25) is 0 Å². The number of aliphatic hydroxyl groups is 1. The van der Waals surface area contributed by atoms with Crippen LogP contribution in [0.15, 0.2) is 0 Å². The number of aliphatic hydroxyl groups excluding tert-OH is 1. The molecule has 114 valence electrons. The number of amides is 1. The van der Waals surface area contributed by atoms with Gasteiger partial charge in [-0.1, -0.05) is 0 Å². The average molecular weight is 287 g/mol. The van der Waals surface area contributed by atoms with E-state index in [2.05, 4.69) is 4.74 Å². The summed E-state index contributed by atoms with van der Waals surface area (Å²) in [5.41, 5.74) is -0.647. The SMILES string of the molecule is COC(=O)C1C(CC(=O)OC(C)(C)C)C(O)CN1C=O. The molecule has 1 N–H and O–H groups in total. The Morgan fingerprint density at radius 2 is 2.00 bits per heavy atom. The summed E-state index contributed by atoms with van der Waals surface area (Å²) in [5, 5.41) is 9.94. The van der Waals surface area contributed by atoms with Gasteiger partial charge in [-0.15, -0.1) is 0 Å². The first-order valence-corrected chi connectivity index (χ1v) is 6.38. The number of methoxy groups -OCH3 is 1. The number of hydrogen-bond donors (Lipinski definition) is 1. The molecule has 3 atom stereocenters. The van der Waals surface area contributed by atoms with Gasteiger partial charge in [0, 0.05) is 12.5 Å². The van der Waals surface area contributed by atoms with Crippen molar-refractivity contribution in [1.82, 2.24) is 4.90 Å². The van der Waals surface area contributed by atoms with E-state index in [0.29, 0.717) is 6.41 Å². The lowest BCUT2D eigenvalue weighted by molar-refractivity contribution is -0.158. The summed E-state index contributed by atoms with van der Waals surface area (Å²) in [6.07, 6.45) is -0.639. The van der Waals surface area contributed by atoms with Gasteiger partial charge >= 0.3 is 11.9 Å². The minimum absolute atomic E-state index is 0.00324. The zero-order valence-corrected chi connectivity index (χ0v) is 12.2. The van der Waals surface area contributed by atoms with E-state index >= 15 is 0 Å². The molecule has 20 heavy (non-hydrogen) atoms. The number of rotatable bonds is 4. The molecule has 7 nitrogen and oxygen atoms in total. The van der Waals surface area contributed by atoms with E-state index in [9.17, 15) is 19.5 Å². The van der Waals surface area contributed by atoms with Gasteiger partial charge in [-0.2, -0.15) is 0 Å². The molecule has 0 radical (unpaired) electrons. The third kappa shape index (κ3) is 3.93. The van der Waals surface area contributed by atoms with E-state index in [1.54, 1.807) is 20.8 Å². The van der Waals surface area contributed by atoms with Crippen molar-refractivity contribution < 1.29 is 29.0 Å². The van der Waals surface area contributed by atoms with E-state index < -0.39 is 35.6 Å². The molecule has 1 fully saturated rings. The molecular weight excluding hydrogens is 266 g/mol. The second kappa shape index (κ2) is 6.21. The molecule has 1 heterocycles. The zero-order chi connectivity index (χ0) is 15.5. The summed E-state index contributed by atoms with van der Waals surface area (Å²) in [5.74, 6) is -1.90. The van der Waals surface area contributed by atoms with Crippen molar-refractivity contribution in [1.29, 1.82) is 0 Å². The van der Waals surface area contributed by atoms with Crippen LogP contribution in [0.1, 0.15) is 27.2 Å². The van der Waals surface area contributed by atoms with Gasteiger partial charge in [-0.25, -0.2) is 4.79 Å². The molecule has 0 aromatic heterocycles. The molecule has 0 spiro atoms. The molecule has 3 unspecified atom stereocenters. The fourth-order valence-electron chi connectivity index (χ4n) is 2.28. The molecule has 1 aliphatic rings. The molecule has 1 rings (SSSR count). The summed E-state index contributed by atoms with van der Waals surface area (Å²) >= 11 is 0. The predicted octanol–water partition coefficient (Wildman–Crippen LogP) is -0.291. The second-order valence-electron chi connectivity index (χ2n) is 5.79. The van der Waals surface area contributed by atoms with Crippen LogP contribution in [0, 0.1) is 5.92 Å². The summed E-state index contributed by atoms with van der Waals surface area (Å²) in [7, 11) is 1.19. The van der Waals surface area contributed by atoms with Gasteiger partial charge in [0.05, 0.1) is 19.6 Å². The number of carbonyl (C=O) groups is 3. The largest absolute Gasteiger partial charge is 0.467 e. The van der Waals surface area contributed by atoms with E-state index in [0.717, 1.165) is 4.90 Å². The maximum absolute atomic E-state index is 11.8. The smallest absolute Gasteiger partial charge is 0.328 e. The van der Waals surface area contributed by atoms with Crippen LogP contribution in [0.5, 0.6) is 0 Å². The van der Waals surface area contributed by atoms with Crippen molar-refractivity contribution in [3.05, 3.63) is 0 Å². The molecule has 7 heteroatoms. The van der Waals surface area contributed by atoms with Crippen LogP contribution >= 0.6 is 0 Å². The Bertz CT molecular complexity index is 389. The lowest BCUT2D eigenvalue weighted by atomic mass is 9.94. The zero-order valence-electron chi connectivity index (χ0n) is 12.2. The maximum Gasteiger partial charge on any atom is 0.328 e. The van der Waals surface area contributed by atoms with Crippen molar-refractivity contribution in [2.45, 2.75) is 44.9 Å². The minimum atomic E-state index is -0.961. The van der Waals surface area contributed by atoms with Crippen molar-refractivity contribution in [2.75, 3.05) is 13.7 Å². The van der Waals surface area contributed by atoms with Gasteiger partial charge in [-0.3, -0.25) is 9.59 Å². The summed E-state index contributed by atoms with van der Waals surface area (Å²) in [6, 6.07) is -0.958. The Balaban J connectivity index is 2.82. The van der Waals surface area contributed by atoms with Gasteiger partial charge in [0.15, 0.2) is 0 Å². The van der Waals surface area contributed by atoms with Gasteiger partial charge < -0.3 is 19.5 Å². The first kappa shape index (κ1) is 16.4. The lowest BCUT2D eigenvalue weighted by Gasteiger charge is -2.24. The number of likely N-dealkylation sites (tertiary alicyclic amines) is 1. The van der Waals surface area contributed by atoms with Crippen LogP contribution in [-0.4, -0.2) is 59.8 Å². The number of nitrogens with zero attached hydrogens (tertiary/aromatic N) is 1. The van der Waals surface area contributed by atoms with E-state index in [1.165, 1.54) is 7.11 Å². The third-order valence-electron chi connectivity index (χ3n) is 3.06. The summed E-state index contributed by atoms with van der Waals surface area (Å²) < 4.78 is 9.79. The molecular formula is C13H21NO6. The molecule has 0 saturated carbocycles. The summed E-state index contributed by atoms with van der Waals surface area (Å²) in [4.78, 5) is 35.6. The Labute approximate surface area is 117 Å². The monoisotopic (exact) mass is 287 g/mol. The number of ether oxygens (including phenoxy) is 2. The fourth-order valence-corrected chi connectivity index (χ4v) is 2.28. The van der Waals surface area contributed by atoms with E-state index in [1.807, 2.05) is 0 Å². The van der Waals surface area contributed by atoms with Gasteiger partial charge in [0.25, 0.3) is 0 Å². The number of hydrogen-bond acceptors (Lipinski definition) is 6. The van der Waals surface area contributed by atoms with E-state index in [4.69, 9.17) is 4.74 Å². The molecule has 1 amide bonds. The third-order valence-corrected chi connectivity index (χ3v) is 3.06. The van der Waals surface area contributed by atoms with Crippen molar-refractivity contribution in [3.8, 4) is 0 Å². The average Bonchev–Trinajstić information content (AvgIpc) is 2.63. The Hall–Kier alpha value is -1.63. The number of carbonyl (C=O) groups excluding carboxylic acids is 3. The second-order valence-corrected chi connectivity index (χ2v) is 5.79.